The Hall–Kier alpha value is -0.450. The first-order valence-corrected chi connectivity index (χ1v) is 6.60. The van der Waals surface area contributed by atoms with Crippen LogP contribution in [0.1, 0.15) is 38.9 Å². The van der Waals surface area contributed by atoms with Gasteiger partial charge in [0.05, 0.1) is 11.2 Å². The largest absolute Gasteiger partial charge is 0.385 e. The van der Waals surface area contributed by atoms with Crippen LogP contribution >= 0.6 is 11.3 Å². The first-order chi connectivity index (χ1) is 7.55. The van der Waals surface area contributed by atoms with Crippen molar-refractivity contribution in [2.45, 2.75) is 33.2 Å². The van der Waals surface area contributed by atoms with Crippen LogP contribution < -0.4 is 5.32 Å². The summed E-state index contributed by atoms with van der Waals surface area (Å²) in [5.41, 5.74) is 3.27. The van der Waals surface area contributed by atoms with Crippen molar-refractivity contribution in [2.75, 3.05) is 20.3 Å². The summed E-state index contributed by atoms with van der Waals surface area (Å²) >= 11 is 1.64. The molecule has 0 aromatic carbocycles. The fourth-order valence-corrected chi connectivity index (χ4v) is 2.08. The van der Waals surface area contributed by atoms with Gasteiger partial charge < -0.3 is 10.1 Å². The van der Waals surface area contributed by atoms with Gasteiger partial charge in [0, 0.05) is 31.7 Å². The molecule has 1 aromatic rings. The molecule has 0 fully saturated rings. The molecule has 0 spiro atoms. The van der Waals surface area contributed by atoms with E-state index in [0.717, 1.165) is 25.3 Å². The molecule has 1 aromatic heterocycles. The monoisotopic (exact) mass is 242 g/mol. The molecule has 1 heterocycles. The Labute approximate surface area is 102 Å². The smallest absolute Gasteiger partial charge is 0.0795 e. The van der Waals surface area contributed by atoms with Crippen molar-refractivity contribution in [3.8, 4) is 0 Å². The number of nitrogens with zero attached hydrogens (tertiary/aromatic N) is 1. The van der Waals surface area contributed by atoms with Crippen molar-refractivity contribution in [1.29, 1.82) is 0 Å². The van der Waals surface area contributed by atoms with Gasteiger partial charge in [0.1, 0.15) is 0 Å². The Kier molecular flexibility index (Phi) is 5.38. The average molecular weight is 242 g/mol. The summed E-state index contributed by atoms with van der Waals surface area (Å²) in [6.45, 7) is 8.47. The van der Waals surface area contributed by atoms with Crippen molar-refractivity contribution >= 4 is 11.3 Å². The lowest BCUT2D eigenvalue weighted by Gasteiger charge is -2.26. The van der Waals surface area contributed by atoms with E-state index in [1.807, 2.05) is 5.51 Å². The van der Waals surface area contributed by atoms with Crippen molar-refractivity contribution in [1.82, 2.24) is 10.3 Å². The first-order valence-electron chi connectivity index (χ1n) is 5.65. The van der Waals surface area contributed by atoms with Gasteiger partial charge in [0.2, 0.25) is 0 Å². The van der Waals surface area contributed by atoms with E-state index < -0.39 is 0 Å². The van der Waals surface area contributed by atoms with E-state index in [1.165, 1.54) is 0 Å². The maximum atomic E-state index is 5.12. The SMILES string of the molecule is COCCC(C)(C)CNC(C)c1cscn1. The van der Waals surface area contributed by atoms with Crippen LogP contribution in [0.4, 0.5) is 0 Å². The molecular formula is C12H22N2OS. The maximum absolute atomic E-state index is 5.12. The third kappa shape index (κ3) is 4.60. The summed E-state index contributed by atoms with van der Waals surface area (Å²) in [6.07, 6.45) is 1.07. The summed E-state index contributed by atoms with van der Waals surface area (Å²) in [5.74, 6) is 0. The normalized spacial score (nSPS) is 14.0. The van der Waals surface area contributed by atoms with Gasteiger partial charge >= 0.3 is 0 Å². The van der Waals surface area contributed by atoms with Crippen LogP contribution in [0.15, 0.2) is 10.9 Å². The predicted molar refractivity (Wildman–Crippen MR) is 68.8 cm³/mol. The van der Waals surface area contributed by atoms with Crippen molar-refractivity contribution < 1.29 is 4.74 Å². The molecule has 0 bridgehead atoms. The number of ether oxygens (including phenoxy) is 1. The Morgan fingerprint density at radius 2 is 2.31 bits per heavy atom. The predicted octanol–water partition coefficient (Wildman–Crippen LogP) is 2.86. The van der Waals surface area contributed by atoms with Crippen LogP contribution in [0.5, 0.6) is 0 Å². The zero-order valence-electron chi connectivity index (χ0n) is 10.6. The molecule has 4 heteroatoms. The molecule has 3 nitrogen and oxygen atoms in total. The third-order valence-electron chi connectivity index (χ3n) is 2.76. The van der Waals surface area contributed by atoms with Gasteiger partial charge in [-0.05, 0) is 18.8 Å². The zero-order valence-corrected chi connectivity index (χ0v) is 11.4. The van der Waals surface area contributed by atoms with E-state index in [1.54, 1.807) is 18.4 Å². The maximum Gasteiger partial charge on any atom is 0.0795 e. The molecule has 0 saturated carbocycles. The van der Waals surface area contributed by atoms with E-state index in [4.69, 9.17) is 4.74 Å². The second-order valence-corrected chi connectivity index (χ2v) is 5.64. The number of rotatable bonds is 7. The van der Waals surface area contributed by atoms with Crippen LogP contribution in [0.2, 0.25) is 0 Å². The van der Waals surface area contributed by atoms with Crippen LogP contribution in [0.3, 0.4) is 0 Å². The van der Waals surface area contributed by atoms with Crippen molar-refractivity contribution in [2.24, 2.45) is 5.41 Å². The molecule has 1 atom stereocenters. The number of hydrogen-bond donors (Lipinski definition) is 1. The molecule has 0 radical (unpaired) electrons. The second kappa shape index (κ2) is 6.33. The molecule has 0 amide bonds. The number of aromatic nitrogens is 1. The average Bonchev–Trinajstić information content (AvgIpc) is 2.77. The Balaban J connectivity index is 2.33. The highest BCUT2D eigenvalue weighted by Crippen LogP contribution is 2.21. The third-order valence-corrected chi connectivity index (χ3v) is 3.37. The minimum absolute atomic E-state index is 0.264. The van der Waals surface area contributed by atoms with Crippen LogP contribution in [-0.4, -0.2) is 25.2 Å². The lowest BCUT2D eigenvalue weighted by molar-refractivity contribution is 0.149. The van der Waals surface area contributed by atoms with Gasteiger partial charge in [-0.2, -0.15) is 0 Å². The number of nitrogens with one attached hydrogen (secondary N) is 1. The summed E-state index contributed by atoms with van der Waals surface area (Å²) < 4.78 is 5.12. The van der Waals surface area contributed by atoms with Crippen LogP contribution in [0, 0.1) is 5.41 Å². The minimum Gasteiger partial charge on any atom is -0.385 e. The van der Waals surface area contributed by atoms with Gasteiger partial charge in [0.25, 0.3) is 0 Å². The molecule has 1 N–H and O–H groups in total. The fraction of sp³-hybridized carbons (Fsp3) is 0.750. The van der Waals surface area contributed by atoms with Gasteiger partial charge in [-0.15, -0.1) is 11.3 Å². The Morgan fingerprint density at radius 3 is 2.88 bits per heavy atom. The molecule has 0 aliphatic rings. The summed E-state index contributed by atoms with van der Waals surface area (Å²) in [7, 11) is 1.75. The lowest BCUT2D eigenvalue weighted by atomic mass is 9.89. The Bertz CT molecular complexity index is 285. The van der Waals surface area contributed by atoms with E-state index in [2.05, 4.69) is 36.5 Å². The summed E-state index contributed by atoms with van der Waals surface area (Å²) in [6, 6.07) is 0.327. The molecule has 92 valence electrons. The van der Waals surface area contributed by atoms with E-state index >= 15 is 0 Å². The van der Waals surface area contributed by atoms with E-state index in [-0.39, 0.29) is 5.41 Å². The molecule has 16 heavy (non-hydrogen) atoms. The standard InChI is InChI=1S/C12H22N2OS/c1-10(11-7-16-9-14-11)13-8-12(2,3)5-6-15-4/h7,9-10,13H,5-6,8H2,1-4H3. The first kappa shape index (κ1) is 13.6. The van der Waals surface area contributed by atoms with Gasteiger partial charge in [-0.25, -0.2) is 4.98 Å². The van der Waals surface area contributed by atoms with Gasteiger partial charge in [0.15, 0.2) is 0 Å². The van der Waals surface area contributed by atoms with Gasteiger partial charge in [-0.1, -0.05) is 13.8 Å². The number of thiazole rings is 1. The molecule has 0 saturated heterocycles. The van der Waals surface area contributed by atoms with Gasteiger partial charge in [-0.3, -0.25) is 0 Å². The second-order valence-electron chi connectivity index (χ2n) is 4.92. The van der Waals surface area contributed by atoms with Crippen LogP contribution in [0.25, 0.3) is 0 Å². The summed E-state index contributed by atoms with van der Waals surface area (Å²) in [5, 5.41) is 5.62. The summed E-state index contributed by atoms with van der Waals surface area (Å²) in [4.78, 5) is 4.31. The Morgan fingerprint density at radius 1 is 1.56 bits per heavy atom. The fourth-order valence-electron chi connectivity index (χ4n) is 1.44. The quantitative estimate of drug-likeness (QED) is 0.798. The molecule has 1 rings (SSSR count). The van der Waals surface area contributed by atoms with Crippen molar-refractivity contribution in [3.05, 3.63) is 16.6 Å². The highest BCUT2D eigenvalue weighted by molar-refractivity contribution is 7.07. The lowest BCUT2D eigenvalue weighted by Crippen LogP contribution is -2.32. The zero-order chi connectivity index (χ0) is 12.0. The number of methoxy groups -OCH3 is 1. The van der Waals surface area contributed by atoms with E-state index in [0.29, 0.717) is 6.04 Å². The molecular weight excluding hydrogens is 220 g/mol. The topological polar surface area (TPSA) is 34.1 Å². The molecule has 0 aliphatic heterocycles. The highest BCUT2D eigenvalue weighted by Gasteiger charge is 2.19. The molecule has 0 aliphatic carbocycles. The highest BCUT2D eigenvalue weighted by atomic mass is 32.1. The van der Waals surface area contributed by atoms with Crippen LogP contribution in [-0.2, 0) is 4.74 Å². The number of hydrogen-bond acceptors (Lipinski definition) is 4. The molecule has 1 unspecified atom stereocenters. The van der Waals surface area contributed by atoms with E-state index in [9.17, 15) is 0 Å². The van der Waals surface area contributed by atoms with Crippen molar-refractivity contribution in [3.63, 3.8) is 0 Å². The minimum atomic E-state index is 0.264.